The minimum absolute atomic E-state index is 0.0369. The maximum Gasteiger partial charge on any atom is 0.434 e. The van der Waals surface area contributed by atoms with Crippen molar-refractivity contribution in [1.82, 2.24) is 14.7 Å². The number of halogens is 3. The second-order valence-electron chi connectivity index (χ2n) is 8.28. The first-order chi connectivity index (χ1) is 17.1. The molecule has 196 valence electrons. The summed E-state index contributed by atoms with van der Waals surface area (Å²) in [5.74, 6) is 0.574. The number of aliphatic imine (C=N–C) groups is 4. The summed E-state index contributed by atoms with van der Waals surface area (Å²) in [7, 11) is 0. The molecule has 2 aliphatic heterocycles. The third kappa shape index (κ3) is 6.78. The predicted octanol–water partition coefficient (Wildman–Crippen LogP) is 3.21. The molecule has 2 heterocycles. The molecule has 0 bridgehead atoms. The SMILES string of the molecule is C=N/C=C\C(=N/C/C(=C/N=C)N1C=C(C(F)(F)F)N=CC1)N1CC(C)N(CC)C(/C(C=N)=C/N)C1C. The van der Waals surface area contributed by atoms with Crippen LogP contribution in [0.5, 0.6) is 0 Å². The average molecular weight is 506 g/mol. The summed E-state index contributed by atoms with van der Waals surface area (Å²) < 4.78 is 39.6. The third-order valence-electron chi connectivity index (χ3n) is 6.11. The summed E-state index contributed by atoms with van der Waals surface area (Å²) in [5, 5.41) is 7.85. The number of alkyl halides is 3. The molecule has 36 heavy (non-hydrogen) atoms. The monoisotopic (exact) mass is 505 g/mol. The smallest absolute Gasteiger partial charge is 0.404 e. The Morgan fingerprint density at radius 2 is 2.03 bits per heavy atom. The molecule has 3 N–H and O–H groups in total. The summed E-state index contributed by atoms with van der Waals surface area (Å²) in [5.41, 5.74) is 5.94. The van der Waals surface area contributed by atoms with Crippen LogP contribution >= 0.6 is 0 Å². The quantitative estimate of drug-likeness (QED) is 0.370. The number of hydrogen-bond donors (Lipinski definition) is 2. The van der Waals surface area contributed by atoms with Gasteiger partial charge in [0, 0.05) is 61.4 Å². The van der Waals surface area contributed by atoms with E-state index >= 15 is 0 Å². The molecule has 3 unspecified atom stereocenters. The molecule has 1 fully saturated rings. The molecule has 0 aliphatic carbocycles. The van der Waals surface area contributed by atoms with Crippen molar-refractivity contribution in [2.24, 2.45) is 25.7 Å². The van der Waals surface area contributed by atoms with Gasteiger partial charge in [-0.15, -0.1) is 0 Å². The van der Waals surface area contributed by atoms with Crippen LogP contribution in [0.25, 0.3) is 0 Å². The Morgan fingerprint density at radius 3 is 2.58 bits per heavy atom. The number of nitrogens with zero attached hydrogens (tertiary/aromatic N) is 7. The predicted molar refractivity (Wildman–Crippen MR) is 141 cm³/mol. The highest BCUT2D eigenvalue weighted by Gasteiger charge is 2.39. The third-order valence-corrected chi connectivity index (χ3v) is 6.11. The van der Waals surface area contributed by atoms with Gasteiger partial charge in [0.1, 0.15) is 5.84 Å². The zero-order chi connectivity index (χ0) is 26.9. The highest BCUT2D eigenvalue weighted by Crippen LogP contribution is 2.29. The van der Waals surface area contributed by atoms with Crippen molar-refractivity contribution in [3.8, 4) is 0 Å². The van der Waals surface area contributed by atoms with Crippen molar-refractivity contribution in [3.05, 3.63) is 47.8 Å². The average Bonchev–Trinajstić information content (AvgIpc) is 2.85. The van der Waals surface area contributed by atoms with Gasteiger partial charge in [-0.1, -0.05) is 6.92 Å². The first-order valence-electron chi connectivity index (χ1n) is 11.5. The molecule has 3 atom stereocenters. The van der Waals surface area contributed by atoms with Crippen LogP contribution in [0.3, 0.4) is 0 Å². The molecule has 2 rings (SSSR count). The Hall–Kier alpha value is -3.54. The van der Waals surface area contributed by atoms with E-state index in [-0.39, 0.29) is 31.2 Å². The van der Waals surface area contributed by atoms with E-state index in [2.05, 4.69) is 52.1 Å². The molecule has 0 saturated carbocycles. The van der Waals surface area contributed by atoms with Gasteiger partial charge in [0.2, 0.25) is 0 Å². The first-order valence-corrected chi connectivity index (χ1v) is 11.5. The fourth-order valence-corrected chi connectivity index (χ4v) is 4.43. The number of hydrogen-bond acceptors (Lipinski definition) is 8. The summed E-state index contributed by atoms with van der Waals surface area (Å²) in [6.45, 7) is 14.7. The Bertz CT molecular complexity index is 991. The van der Waals surface area contributed by atoms with Crippen LogP contribution in [0.15, 0.2) is 67.8 Å². The number of amidine groups is 1. The molecular formula is C24H34F3N9. The number of allylic oxidation sites excluding steroid dienone is 1. The zero-order valence-electron chi connectivity index (χ0n) is 20.9. The van der Waals surface area contributed by atoms with Gasteiger partial charge in [0.25, 0.3) is 0 Å². The lowest BCUT2D eigenvalue weighted by atomic mass is 9.93. The fourth-order valence-electron chi connectivity index (χ4n) is 4.43. The van der Waals surface area contributed by atoms with Crippen molar-refractivity contribution >= 4 is 31.7 Å². The Morgan fingerprint density at radius 1 is 1.31 bits per heavy atom. The summed E-state index contributed by atoms with van der Waals surface area (Å²) in [4.78, 5) is 21.5. The minimum Gasteiger partial charge on any atom is -0.404 e. The number of nitrogens with two attached hydrogens (primary N) is 1. The van der Waals surface area contributed by atoms with Gasteiger partial charge in [0.05, 0.1) is 24.8 Å². The molecule has 0 spiro atoms. The molecule has 0 amide bonds. The summed E-state index contributed by atoms with van der Waals surface area (Å²) in [6.07, 6.45) is 4.88. The standard InChI is InChI=1S/C24H34F3N9/c1-6-35-17(2)15-36(18(3)23(35)19(11-28)12-29)22(7-8-30-4)33-14-20(13-31-5)34-10-9-32-21(16-34)24(25,26)27/h7-9,11-13,16-18,23,28H,4-6,10,14-15,29H2,1-3H3/b8-7-,19-12+,20-13-,28-11?,33-22+. The van der Waals surface area contributed by atoms with E-state index < -0.39 is 11.9 Å². The van der Waals surface area contributed by atoms with E-state index in [9.17, 15) is 13.2 Å². The normalized spacial score (nSPS) is 24.8. The van der Waals surface area contributed by atoms with Crippen molar-refractivity contribution < 1.29 is 13.2 Å². The van der Waals surface area contributed by atoms with E-state index in [1.165, 1.54) is 35.9 Å². The van der Waals surface area contributed by atoms with Crippen LogP contribution in [-0.2, 0) is 0 Å². The van der Waals surface area contributed by atoms with Gasteiger partial charge in [-0.3, -0.25) is 24.9 Å². The van der Waals surface area contributed by atoms with Crippen molar-refractivity contribution in [2.75, 3.05) is 26.2 Å². The van der Waals surface area contributed by atoms with Crippen molar-refractivity contribution in [2.45, 2.75) is 45.1 Å². The second-order valence-corrected chi connectivity index (χ2v) is 8.28. The van der Waals surface area contributed by atoms with Crippen LogP contribution < -0.4 is 5.73 Å². The van der Waals surface area contributed by atoms with E-state index in [0.717, 1.165) is 12.7 Å². The molecule has 0 aromatic carbocycles. The number of piperazine rings is 1. The molecule has 9 nitrogen and oxygen atoms in total. The van der Waals surface area contributed by atoms with Gasteiger partial charge in [-0.25, -0.2) is 0 Å². The molecule has 0 radical (unpaired) electrons. The van der Waals surface area contributed by atoms with Gasteiger partial charge in [0.15, 0.2) is 5.70 Å². The first kappa shape index (κ1) is 28.7. The van der Waals surface area contributed by atoms with E-state index in [1.54, 1.807) is 6.08 Å². The molecule has 2 aliphatic rings. The number of nitrogens with one attached hydrogen (secondary N) is 1. The summed E-state index contributed by atoms with van der Waals surface area (Å²) in [6, 6.07) is -0.159. The highest BCUT2D eigenvalue weighted by atomic mass is 19.4. The lowest BCUT2D eigenvalue weighted by Gasteiger charge is -2.50. The topological polar surface area (TPSA) is 109 Å². The summed E-state index contributed by atoms with van der Waals surface area (Å²) >= 11 is 0. The van der Waals surface area contributed by atoms with E-state index in [1.807, 2.05) is 6.92 Å². The Kier molecular flexibility index (Phi) is 10.3. The Balaban J connectivity index is 2.45. The van der Waals surface area contributed by atoms with Gasteiger partial charge >= 0.3 is 6.18 Å². The fraction of sp³-hybridized carbons (Fsp3) is 0.458. The zero-order valence-corrected chi connectivity index (χ0v) is 20.9. The molecule has 12 heteroatoms. The van der Waals surface area contributed by atoms with E-state index in [0.29, 0.717) is 23.7 Å². The number of rotatable bonds is 9. The Labute approximate surface area is 210 Å². The maximum atomic E-state index is 13.2. The van der Waals surface area contributed by atoms with Gasteiger partial charge < -0.3 is 20.9 Å². The van der Waals surface area contributed by atoms with Crippen LogP contribution in [0.1, 0.15) is 20.8 Å². The van der Waals surface area contributed by atoms with Crippen LogP contribution in [0, 0.1) is 5.41 Å². The lowest BCUT2D eigenvalue weighted by molar-refractivity contribution is -0.0935. The highest BCUT2D eigenvalue weighted by molar-refractivity contribution is 5.93. The van der Waals surface area contributed by atoms with Crippen molar-refractivity contribution in [3.63, 3.8) is 0 Å². The largest absolute Gasteiger partial charge is 0.434 e. The van der Waals surface area contributed by atoms with Crippen LogP contribution in [-0.4, -0.2) is 96.9 Å². The minimum atomic E-state index is -4.57. The van der Waals surface area contributed by atoms with Crippen molar-refractivity contribution in [1.29, 1.82) is 5.41 Å². The molecule has 0 aromatic rings. The lowest BCUT2D eigenvalue weighted by Crippen LogP contribution is -2.64. The molecule has 1 saturated heterocycles. The second kappa shape index (κ2) is 13.0. The molecular weight excluding hydrogens is 471 g/mol. The number of likely N-dealkylation sites (N-methyl/N-ethyl adjacent to an activating group) is 1. The van der Waals surface area contributed by atoms with Crippen LogP contribution in [0.4, 0.5) is 13.2 Å². The molecule has 0 aromatic heterocycles. The van der Waals surface area contributed by atoms with Crippen LogP contribution in [0.2, 0.25) is 0 Å². The maximum absolute atomic E-state index is 13.2. The van der Waals surface area contributed by atoms with Gasteiger partial charge in [-0.2, -0.15) is 13.2 Å². The van der Waals surface area contributed by atoms with Gasteiger partial charge in [-0.05, 0) is 39.9 Å². The van der Waals surface area contributed by atoms with E-state index in [4.69, 9.17) is 16.1 Å².